The van der Waals surface area contributed by atoms with Gasteiger partial charge in [-0.3, -0.25) is 0 Å². The highest BCUT2D eigenvalue weighted by molar-refractivity contribution is 6.31. The summed E-state index contributed by atoms with van der Waals surface area (Å²) >= 11 is 5.94. The van der Waals surface area contributed by atoms with E-state index in [9.17, 15) is 10.1 Å². The lowest BCUT2D eigenvalue weighted by Gasteiger charge is -2.01. The molecule has 0 saturated heterocycles. The quantitative estimate of drug-likeness (QED) is 0.593. The second kappa shape index (κ2) is 3.90. The van der Waals surface area contributed by atoms with Gasteiger partial charge < -0.3 is 10.1 Å². The van der Waals surface area contributed by atoms with Crippen LogP contribution in [0.3, 0.4) is 0 Å². The Morgan fingerprint density at radius 2 is 2.25 bits per heavy atom. The highest BCUT2D eigenvalue weighted by Gasteiger charge is 2.13. The third kappa shape index (κ3) is 1.87. The molecule has 1 heterocycles. The van der Waals surface area contributed by atoms with E-state index in [-0.39, 0.29) is 5.82 Å². The Balaban J connectivity index is 2.42. The topological polar surface area (TPSA) is 73.8 Å². The maximum absolute atomic E-state index is 10.4. The summed E-state index contributed by atoms with van der Waals surface area (Å²) in [5.74, 6) is -0.295. The summed E-state index contributed by atoms with van der Waals surface area (Å²) in [5.41, 5.74) is 1.57. The minimum absolute atomic E-state index is 0.295. The lowest BCUT2D eigenvalue weighted by Crippen LogP contribution is -1.95. The van der Waals surface area contributed by atoms with E-state index >= 15 is 0 Å². The van der Waals surface area contributed by atoms with Crippen molar-refractivity contribution in [2.75, 3.05) is 0 Å². The molecule has 0 spiro atoms. The summed E-state index contributed by atoms with van der Waals surface area (Å²) in [5, 5.41) is 18.1. The van der Waals surface area contributed by atoms with Crippen molar-refractivity contribution < 1.29 is 4.92 Å². The molecule has 0 aliphatic heterocycles. The van der Waals surface area contributed by atoms with Gasteiger partial charge in [0.25, 0.3) is 0 Å². The second-order valence-electron chi connectivity index (χ2n) is 3.21. The zero-order valence-electron chi connectivity index (χ0n) is 8.29. The Morgan fingerprint density at radius 1 is 1.50 bits per heavy atom. The standard InChI is InChI=1S/C9H7ClN4O2/c1-6-2-3-7(4-8(6)10)13-5-9(11-12-13)14(15)16/h2-5H,1H3. The molecular weight excluding hydrogens is 232 g/mol. The fourth-order valence-corrected chi connectivity index (χ4v) is 1.36. The van der Waals surface area contributed by atoms with Gasteiger partial charge >= 0.3 is 5.82 Å². The minimum Gasteiger partial charge on any atom is -0.358 e. The SMILES string of the molecule is Cc1ccc(-n2cc([N+](=O)[O-])nn2)cc1Cl. The largest absolute Gasteiger partial charge is 0.410 e. The molecule has 82 valence electrons. The van der Waals surface area contributed by atoms with Crippen molar-refractivity contribution in [2.45, 2.75) is 6.92 Å². The number of aromatic nitrogens is 3. The first-order chi connectivity index (χ1) is 7.58. The zero-order chi connectivity index (χ0) is 11.7. The van der Waals surface area contributed by atoms with Gasteiger partial charge in [-0.1, -0.05) is 17.7 Å². The molecule has 0 unspecified atom stereocenters. The highest BCUT2D eigenvalue weighted by Crippen LogP contribution is 2.19. The summed E-state index contributed by atoms with van der Waals surface area (Å²) in [4.78, 5) is 9.83. The van der Waals surface area contributed by atoms with Crippen molar-refractivity contribution in [1.82, 2.24) is 15.0 Å². The van der Waals surface area contributed by atoms with Gasteiger partial charge in [0.15, 0.2) is 0 Å². The van der Waals surface area contributed by atoms with Crippen LogP contribution in [0.25, 0.3) is 5.69 Å². The van der Waals surface area contributed by atoms with Crippen LogP contribution in [0.15, 0.2) is 24.4 Å². The van der Waals surface area contributed by atoms with E-state index in [0.717, 1.165) is 5.56 Å². The Morgan fingerprint density at radius 3 is 2.81 bits per heavy atom. The van der Waals surface area contributed by atoms with Gasteiger partial charge in [-0.25, -0.2) is 0 Å². The molecule has 1 aromatic carbocycles. The van der Waals surface area contributed by atoms with E-state index in [2.05, 4.69) is 10.3 Å². The molecule has 0 saturated carbocycles. The van der Waals surface area contributed by atoms with Crippen LogP contribution in [0.2, 0.25) is 5.02 Å². The molecule has 0 aliphatic carbocycles. The van der Waals surface area contributed by atoms with Crippen molar-refractivity contribution >= 4 is 17.4 Å². The monoisotopic (exact) mass is 238 g/mol. The van der Waals surface area contributed by atoms with Crippen molar-refractivity contribution in [3.05, 3.63) is 45.1 Å². The first-order valence-corrected chi connectivity index (χ1v) is 4.79. The smallest absolute Gasteiger partial charge is 0.358 e. The van der Waals surface area contributed by atoms with E-state index in [1.807, 2.05) is 13.0 Å². The van der Waals surface area contributed by atoms with Gasteiger partial charge in [-0.2, -0.15) is 4.68 Å². The maximum Gasteiger partial charge on any atom is 0.410 e. The summed E-state index contributed by atoms with van der Waals surface area (Å²) < 4.78 is 1.31. The van der Waals surface area contributed by atoms with Crippen LogP contribution in [0, 0.1) is 17.0 Å². The number of rotatable bonds is 2. The first-order valence-electron chi connectivity index (χ1n) is 4.41. The molecule has 2 rings (SSSR count). The van der Waals surface area contributed by atoms with E-state index in [0.29, 0.717) is 10.7 Å². The zero-order valence-corrected chi connectivity index (χ0v) is 9.05. The lowest BCUT2D eigenvalue weighted by molar-refractivity contribution is -0.389. The fourth-order valence-electron chi connectivity index (χ4n) is 1.19. The molecule has 16 heavy (non-hydrogen) atoms. The van der Waals surface area contributed by atoms with Gasteiger partial charge in [-0.15, -0.1) is 0 Å². The lowest BCUT2D eigenvalue weighted by atomic mass is 10.2. The number of nitro groups is 1. The first kappa shape index (κ1) is 10.6. The third-order valence-corrected chi connectivity index (χ3v) is 2.50. The molecular formula is C9H7ClN4O2. The van der Waals surface area contributed by atoms with Crippen LogP contribution in [0.4, 0.5) is 5.82 Å². The van der Waals surface area contributed by atoms with Crippen molar-refractivity contribution in [3.8, 4) is 5.69 Å². The molecule has 2 aromatic rings. The second-order valence-corrected chi connectivity index (χ2v) is 3.62. The Labute approximate surface area is 95.6 Å². The summed E-state index contributed by atoms with van der Waals surface area (Å²) in [7, 11) is 0. The number of hydrogen-bond donors (Lipinski definition) is 0. The van der Waals surface area contributed by atoms with Crippen molar-refractivity contribution in [1.29, 1.82) is 0 Å². The van der Waals surface area contributed by atoms with Crippen LogP contribution in [-0.4, -0.2) is 19.9 Å². The Bertz CT molecular complexity index is 552. The van der Waals surface area contributed by atoms with Crippen LogP contribution in [0.5, 0.6) is 0 Å². The summed E-state index contributed by atoms with van der Waals surface area (Å²) in [6.07, 6.45) is 1.24. The average Bonchev–Trinajstić information content (AvgIpc) is 2.71. The predicted octanol–water partition coefficient (Wildman–Crippen LogP) is 2.14. The van der Waals surface area contributed by atoms with E-state index in [1.165, 1.54) is 10.9 Å². The van der Waals surface area contributed by atoms with Gasteiger partial charge in [0, 0.05) is 5.02 Å². The number of aryl methyl sites for hydroxylation is 1. The van der Waals surface area contributed by atoms with E-state index in [1.54, 1.807) is 12.1 Å². The molecule has 0 amide bonds. The molecule has 0 bridgehead atoms. The third-order valence-electron chi connectivity index (χ3n) is 2.09. The number of halogens is 1. The van der Waals surface area contributed by atoms with Crippen LogP contribution >= 0.6 is 11.6 Å². The number of hydrogen-bond acceptors (Lipinski definition) is 4. The van der Waals surface area contributed by atoms with Gasteiger partial charge in [0.2, 0.25) is 0 Å². The van der Waals surface area contributed by atoms with E-state index in [4.69, 9.17) is 11.6 Å². The minimum atomic E-state index is -0.598. The summed E-state index contributed by atoms with van der Waals surface area (Å²) in [6, 6.07) is 5.25. The fraction of sp³-hybridized carbons (Fsp3) is 0.111. The molecule has 0 fully saturated rings. The molecule has 7 heteroatoms. The van der Waals surface area contributed by atoms with Crippen molar-refractivity contribution in [3.63, 3.8) is 0 Å². The number of benzene rings is 1. The molecule has 1 aromatic heterocycles. The molecule has 0 N–H and O–H groups in total. The van der Waals surface area contributed by atoms with Gasteiger partial charge in [0.1, 0.15) is 11.3 Å². The number of nitrogens with zero attached hydrogens (tertiary/aromatic N) is 4. The molecule has 0 atom stereocenters. The maximum atomic E-state index is 10.4. The Hall–Kier alpha value is -1.95. The van der Waals surface area contributed by atoms with Gasteiger partial charge in [-0.05, 0) is 29.5 Å². The van der Waals surface area contributed by atoms with Gasteiger partial charge in [0.05, 0.1) is 10.9 Å². The summed E-state index contributed by atoms with van der Waals surface area (Å²) in [6.45, 7) is 1.87. The highest BCUT2D eigenvalue weighted by atomic mass is 35.5. The predicted molar refractivity (Wildman–Crippen MR) is 57.8 cm³/mol. The molecule has 0 aliphatic rings. The molecule has 6 nitrogen and oxygen atoms in total. The van der Waals surface area contributed by atoms with E-state index < -0.39 is 4.92 Å². The van der Waals surface area contributed by atoms with Crippen LogP contribution < -0.4 is 0 Å². The van der Waals surface area contributed by atoms with Crippen LogP contribution in [-0.2, 0) is 0 Å². The van der Waals surface area contributed by atoms with Crippen LogP contribution in [0.1, 0.15) is 5.56 Å². The normalized spacial score (nSPS) is 10.4. The Kier molecular flexibility index (Phi) is 2.57. The molecule has 0 radical (unpaired) electrons. The average molecular weight is 239 g/mol. The van der Waals surface area contributed by atoms with Crippen molar-refractivity contribution in [2.24, 2.45) is 0 Å².